The van der Waals surface area contributed by atoms with E-state index in [1.54, 1.807) is 0 Å². The van der Waals surface area contributed by atoms with E-state index in [1.165, 1.54) is 0 Å². The molecule has 72 valence electrons. The average Bonchev–Trinajstić information content (AvgIpc) is 2.26. The number of fused-ring (bicyclic) bond motifs is 2. The fourth-order valence-electron chi connectivity index (χ4n) is 1.99. The van der Waals surface area contributed by atoms with Crippen molar-refractivity contribution in [1.29, 1.82) is 0 Å². The summed E-state index contributed by atoms with van der Waals surface area (Å²) in [6.07, 6.45) is -1.80. The molecule has 13 heavy (non-hydrogen) atoms. The molecule has 2 radical (unpaired) electrons. The number of aliphatic hydroxyl groups is 2. The van der Waals surface area contributed by atoms with Gasteiger partial charge in [0.15, 0.2) is 0 Å². The van der Waals surface area contributed by atoms with E-state index in [-0.39, 0.29) is 13.0 Å². The zero-order valence-corrected chi connectivity index (χ0v) is 7.09. The molecule has 2 bridgehead atoms. The number of ether oxygens (including phenoxy) is 2. The summed E-state index contributed by atoms with van der Waals surface area (Å²) in [4.78, 5) is 0. The summed E-state index contributed by atoms with van der Waals surface area (Å²) in [5, 5.41) is 18.8. The number of hydrogen-bond donors (Lipinski definition) is 3. The van der Waals surface area contributed by atoms with E-state index in [4.69, 9.17) is 28.2 Å². The summed E-state index contributed by atoms with van der Waals surface area (Å²) in [5.41, 5.74) is 4.53. The van der Waals surface area contributed by atoms with Gasteiger partial charge in [-0.05, 0) is 0 Å². The molecular formula is C7H12BNO4. The van der Waals surface area contributed by atoms with E-state index in [0.29, 0.717) is 0 Å². The lowest BCUT2D eigenvalue weighted by molar-refractivity contribution is -0.162. The van der Waals surface area contributed by atoms with Gasteiger partial charge in [0.2, 0.25) is 0 Å². The summed E-state index contributed by atoms with van der Waals surface area (Å²) in [6, 6.07) is -0.712. The monoisotopic (exact) mass is 185 g/mol. The number of nitrogens with two attached hydrogens (primary N) is 1. The van der Waals surface area contributed by atoms with Gasteiger partial charge in [-0.25, -0.2) is 0 Å². The molecule has 2 rings (SSSR count). The Morgan fingerprint density at radius 3 is 2.92 bits per heavy atom. The molecule has 0 aromatic rings. The number of aliphatic hydroxyl groups excluding tert-OH is 2. The quantitative estimate of drug-likeness (QED) is 0.399. The van der Waals surface area contributed by atoms with Crippen LogP contribution in [0.2, 0.25) is 0 Å². The van der Waals surface area contributed by atoms with E-state index in [9.17, 15) is 5.11 Å². The molecule has 0 spiro atoms. The Hall–Kier alpha value is -0.135. The van der Waals surface area contributed by atoms with E-state index in [0.717, 1.165) is 0 Å². The molecule has 0 aliphatic carbocycles. The van der Waals surface area contributed by atoms with Crippen LogP contribution in [0.1, 0.15) is 6.42 Å². The van der Waals surface area contributed by atoms with Crippen molar-refractivity contribution in [2.75, 3.05) is 6.61 Å². The Bertz CT molecular complexity index is 213. The molecule has 5 nitrogen and oxygen atoms in total. The fourth-order valence-corrected chi connectivity index (χ4v) is 1.99. The lowest BCUT2D eigenvalue weighted by atomic mass is 9.85. The highest BCUT2D eigenvalue weighted by Gasteiger charge is 2.57. The summed E-state index contributed by atoms with van der Waals surface area (Å²) in [5.74, 6) is 0. The highest BCUT2D eigenvalue weighted by molar-refractivity contribution is 6.11. The van der Waals surface area contributed by atoms with Crippen LogP contribution in [0.3, 0.4) is 0 Å². The Labute approximate surface area is 77.2 Å². The van der Waals surface area contributed by atoms with Gasteiger partial charge in [-0.3, -0.25) is 0 Å². The summed E-state index contributed by atoms with van der Waals surface area (Å²) in [7, 11) is 5.56. The van der Waals surface area contributed by atoms with Crippen LogP contribution in [0.25, 0.3) is 0 Å². The topological polar surface area (TPSA) is 84.9 Å². The third-order valence-corrected chi connectivity index (χ3v) is 2.69. The molecule has 2 fully saturated rings. The van der Waals surface area contributed by atoms with E-state index >= 15 is 0 Å². The minimum atomic E-state index is -1.03. The van der Waals surface area contributed by atoms with Gasteiger partial charge in [-0.1, -0.05) is 0 Å². The van der Waals surface area contributed by atoms with Crippen molar-refractivity contribution in [1.82, 2.24) is 0 Å². The van der Waals surface area contributed by atoms with E-state index in [1.807, 2.05) is 0 Å². The molecule has 0 amide bonds. The predicted molar refractivity (Wildman–Crippen MR) is 43.9 cm³/mol. The van der Waals surface area contributed by atoms with Gasteiger partial charge in [0.05, 0.1) is 6.61 Å². The molecule has 2 heterocycles. The fraction of sp³-hybridized carbons (Fsp3) is 1.00. The SMILES string of the molecule is [B][C@@H]1O[C@@]2(CO)CC(N)O[C@@H]1[C@@H]2O. The van der Waals surface area contributed by atoms with E-state index in [2.05, 4.69) is 0 Å². The standard InChI is InChI=1S/C7H12BNO4/c8-6-4-5(11)7(2-10,13-6)1-3(9)12-4/h3-6,10-11H,1-2,9H2/t3?,4-,5+,6-,7-/m1/s1. The molecule has 2 saturated heterocycles. The van der Waals surface area contributed by atoms with Crippen molar-refractivity contribution in [3.05, 3.63) is 0 Å². The van der Waals surface area contributed by atoms with Crippen LogP contribution in [0.5, 0.6) is 0 Å². The van der Waals surface area contributed by atoms with Crippen molar-refractivity contribution in [3.63, 3.8) is 0 Å². The van der Waals surface area contributed by atoms with Crippen LogP contribution in [0, 0.1) is 0 Å². The lowest BCUT2D eigenvalue weighted by Gasteiger charge is -2.37. The second-order valence-corrected chi connectivity index (χ2v) is 3.59. The van der Waals surface area contributed by atoms with Gasteiger partial charge < -0.3 is 25.4 Å². The van der Waals surface area contributed by atoms with Gasteiger partial charge in [0, 0.05) is 12.4 Å². The largest absolute Gasteiger partial charge is 0.393 e. The second-order valence-electron chi connectivity index (χ2n) is 3.59. The molecule has 2 aliphatic rings. The minimum absolute atomic E-state index is 0.259. The summed E-state index contributed by atoms with van der Waals surface area (Å²) in [6.45, 7) is -0.296. The van der Waals surface area contributed by atoms with Crippen LogP contribution in [-0.2, 0) is 9.47 Å². The zero-order chi connectivity index (χ0) is 9.64. The molecule has 0 aromatic heterocycles. The average molecular weight is 185 g/mol. The molecular weight excluding hydrogens is 173 g/mol. The molecule has 0 aromatic carbocycles. The molecule has 5 atom stereocenters. The Morgan fingerprint density at radius 2 is 2.31 bits per heavy atom. The van der Waals surface area contributed by atoms with Crippen molar-refractivity contribution >= 4 is 7.85 Å². The van der Waals surface area contributed by atoms with Crippen LogP contribution < -0.4 is 5.73 Å². The first-order valence-corrected chi connectivity index (χ1v) is 4.22. The highest BCUT2D eigenvalue weighted by Crippen LogP contribution is 2.39. The van der Waals surface area contributed by atoms with Crippen LogP contribution >= 0.6 is 0 Å². The third kappa shape index (κ3) is 1.21. The van der Waals surface area contributed by atoms with Gasteiger partial charge in [-0.15, -0.1) is 0 Å². The van der Waals surface area contributed by atoms with E-state index < -0.39 is 30.0 Å². The molecule has 2 aliphatic heterocycles. The molecule has 1 unspecified atom stereocenters. The van der Waals surface area contributed by atoms with Crippen LogP contribution in [0.15, 0.2) is 0 Å². The van der Waals surface area contributed by atoms with Crippen LogP contribution in [0.4, 0.5) is 0 Å². The van der Waals surface area contributed by atoms with Crippen molar-refractivity contribution < 1.29 is 19.7 Å². The van der Waals surface area contributed by atoms with Gasteiger partial charge in [0.1, 0.15) is 31.9 Å². The first kappa shape index (κ1) is 9.42. The Kier molecular flexibility index (Phi) is 2.12. The Balaban J connectivity index is 2.26. The maximum Gasteiger partial charge on any atom is 0.123 e. The Morgan fingerprint density at radius 1 is 1.62 bits per heavy atom. The summed E-state index contributed by atoms with van der Waals surface area (Å²) >= 11 is 0. The molecule has 4 N–H and O–H groups in total. The van der Waals surface area contributed by atoms with Crippen LogP contribution in [-0.4, -0.2) is 54.7 Å². The normalized spacial score (nSPS) is 55.3. The number of hydrogen-bond acceptors (Lipinski definition) is 5. The van der Waals surface area contributed by atoms with Gasteiger partial charge >= 0.3 is 0 Å². The smallest absolute Gasteiger partial charge is 0.123 e. The van der Waals surface area contributed by atoms with Crippen molar-refractivity contribution in [2.24, 2.45) is 5.73 Å². The molecule has 6 heteroatoms. The number of rotatable bonds is 1. The summed E-state index contributed by atoms with van der Waals surface area (Å²) < 4.78 is 10.5. The zero-order valence-electron chi connectivity index (χ0n) is 7.09. The second kappa shape index (κ2) is 2.93. The minimum Gasteiger partial charge on any atom is -0.393 e. The predicted octanol–water partition coefficient (Wildman–Crippen LogP) is -2.32. The van der Waals surface area contributed by atoms with Crippen molar-refractivity contribution in [3.8, 4) is 0 Å². The third-order valence-electron chi connectivity index (χ3n) is 2.69. The first-order chi connectivity index (χ1) is 6.09. The van der Waals surface area contributed by atoms with Crippen molar-refractivity contribution in [2.45, 2.75) is 36.5 Å². The lowest BCUT2D eigenvalue weighted by Crippen LogP contribution is -2.56. The molecule has 0 saturated carbocycles. The maximum absolute atomic E-state index is 9.70. The van der Waals surface area contributed by atoms with Gasteiger partial charge in [0.25, 0.3) is 0 Å². The highest BCUT2D eigenvalue weighted by atomic mass is 16.6. The first-order valence-electron chi connectivity index (χ1n) is 4.22. The van der Waals surface area contributed by atoms with Gasteiger partial charge in [-0.2, -0.15) is 0 Å². The maximum atomic E-state index is 9.70.